The molecule has 0 radical (unpaired) electrons. The van der Waals surface area contributed by atoms with Crippen LogP contribution in [0.4, 0.5) is 0 Å². The molecule has 0 aliphatic heterocycles. The molecule has 0 unspecified atom stereocenters. The second-order valence-corrected chi connectivity index (χ2v) is 7.30. The van der Waals surface area contributed by atoms with Crippen LogP contribution in [0.25, 0.3) is 0 Å². The molecule has 0 heterocycles. The fourth-order valence-corrected chi connectivity index (χ4v) is 4.12. The summed E-state index contributed by atoms with van der Waals surface area (Å²) in [5.41, 5.74) is 5.46. The molecule has 2 aliphatic carbocycles. The molecule has 0 aromatic rings. The molecule has 1 amide bonds. The predicted octanol–water partition coefficient (Wildman–Crippen LogP) is 2.29. The summed E-state index contributed by atoms with van der Waals surface area (Å²) in [4.78, 5) is 23.5. The quantitative estimate of drug-likeness (QED) is 0.702. The summed E-state index contributed by atoms with van der Waals surface area (Å²) in [7, 11) is 0. The smallest absolute Gasteiger partial charge is 0.303 e. The third-order valence-electron chi connectivity index (χ3n) is 5.63. The van der Waals surface area contributed by atoms with Gasteiger partial charge in [0.05, 0.1) is 6.42 Å². The number of carboxylic acids is 1. The third-order valence-corrected chi connectivity index (χ3v) is 5.63. The Balaban J connectivity index is 1.83. The minimum Gasteiger partial charge on any atom is -0.481 e. The van der Waals surface area contributed by atoms with E-state index in [1.165, 1.54) is 6.42 Å². The summed E-state index contributed by atoms with van der Waals surface area (Å²) in [6, 6.07) is 0. The molecular weight excluding hydrogens is 280 g/mol. The summed E-state index contributed by atoms with van der Waals surface area (Å²) >= 11 is 0. The van der Waals surface area contributed by atoms with E-state index in [0.29, 0.717) is 12.5 Å². The first-order valence-electron chi connectivity index (χ1n) is 8.74. The molecule has 5 nitrogen and oxygen atoms in total. The molecule has 0 aromatic heterocycles. The highest BCUT2D eigenvalue weighted by Gasteiger charge is 2.35. The van der Waals surface area contributed by atoms with Gasteiger partial charge in [-0.1, -0.05) is 19.3 Å². The Hall–Kier alpha value is -1.10. The SMILES string of the molecule is NCC1CCC(C(=O)NCC2(CC(=O)O)CCCCC2)CC1. The van der Waals surface area contributed by atoms with E-state index >= 15 is 0 Å². The van der Waals surface area contributed by atoms with Gasteiger partial charge in [-0.2, -0.15) is 0 Å². The molecule has 2 aliphatic rings. The Labute approximate surface area is 133 Å². The first-order valence-corrected chi connectivity index (χ1v) is 8.74. The molecular formula is C17H30N2O3. The zero-order chi connectivity index (χ0) is 16.0. The Bertz CT molecular complexity index is 383. The number of nitrogens with one attached hydrogen (secondary N) is 1. The summed E-state index contributed by atoms with van der Waals surface area (Å²) in [5.74, 6) is 0.0272. The average molecular weight is 310 g/mol. The fraction of sp³-hybridized carbons (Fsp3) is 0.882. The molecule has 0 bridgehead atoms. The van der Waals surface area contributed by atoms with E-state index in [2.05, 4.69) is 5.32 Å². The standard InChI is InChI=1S/C17H30N2O3/c18-11-13-4-6-14(7-5-13)16(22)19-12-17(10-15(20)21)8-2-1-3-9-17/h13-14H,1-12,18H2,(H,19,22)(H,20,21). The summed E-state index contributed by atoms with van der Waals surface area (Å²) in [6.45, 7) is 1.24. The van der Waals surface area contributed by atoms with Crippen molar-refractivity contribution in [3.8, 4) is 0 Å². The van der Waals surface area contributed by atoms with E-state index in [1.807, 2.05) is 0 Å². The highest BCUT2D eigenvalue weighted by molar-refractivity contribution is 5.78. The second kappa shape index (κ2) is 7.95. The van der Waals surface area contributed by atoms with Crippen molar-refractivity contribution in [3.63, 3.8) is 0 Å². The fourth-order valence-electron chi connectivity index (χ4n) is 4.12. The first kappa shape index (κ1) is 17.3. The molecule has 0 spiro atoms. The largest absolute Gasteiger partial charge is 0.481 e. The van der Waals surface area contributed by atoms with Gasteiger partial charge in [-0.25, -0.2) is 0 Å². The lowest BCUT2D eigenvalue weighted by Gasteiger charge is -2.37. The number of hydrogen-bond donors (Lipinski definition) is 3. The minimum atomic E-state index is -0.750. The van der Waals surface area contributed by atoms with Gasteiger partial charge in [0, 0.05) is 12.5 Å². The average Bonchev–Trinajstić information content (AvgIpc) is 2.53. The summed E-state index contributed by atoms with van der Waals surface area (Å²) in [6.07, 6.45) is 9.24. The van der Waals surface area contributed by atoms with Crippen molar-refractivity contribution in [3.05, 3.63) is 0 Å². The number of carbonyl (C=O) groups excluding carboxylic acids is 1. The summed E-state index contributed by atoms with van der Waals surface area (Å²) in [5, 5.41) is 12.2. The number of carboxylic acid groups (broad SMARTS) is 1. The minimum absolute atomic E-state index is 0.0910. The number of aliphatic carboxylic acids is 1. The van der Waals surface area contributed by atoms with Crippen molar-refractivity contribution >= 4 is 11.9 Å². The molecule has 2 saturated carbocycles. The number of amides is 1. The van der Waals surface area contributed by atoms with Gasteiger partial charge in [0.1, 0.15) is 0 Å². The van der Waals surface area contributed by atoms with E-state index in [4.69, 9.17) is 5.73 Å². The van der Waals surface area contributed by atoms with Gasteiger partial charge >= 0.3 is 5.97 Å². The van der Waals surface area contributed by atoms with Crippen LogP contribution in [0.5, 0.6) is 0 Å². The predicted molar refractivity (Wildman–Crippen MR) is 85.3 cm³/mol. The van der Waals surface area contributed by atoms with Crippen molar-refractivity contribution in [2.45, 2.75) is 64.2 Å². The maximum atomic E-state index is 12.4. The maximum absolute atomic E-state index is 12.4. The van der Waals surface area contributed by atoms with Gasteiger partial charge in [-0.05, 0) is 56.4 Å². The molecule has 0 saturated heterocycles. The van der Waals surface area contributed by atoms with Crippen LogP contribution in [-0.4, -0.2) is 30.1 Å². The van der Waals surface area contributed by atoms with Crippen molar-refractivity contribution in [2.24, 2.45) is 23.0 Å². The van der Waals surface area contributed by atoms with E-state index in [-0.39, 0.29) is 23.7 Å². The number of carbonyl (C=O) groups is 2. The Morgan fingerprint density at radius 1 is 1.09 bits per heavy atom. The zero-order valence-corrected chi connectivity index (χ0v) is 13.5. The van der Waals surface area contributed by atoms with E-state index in [0.717, 1.165) is 57.9 Å². The van der Waals surface area contributed by atoms with Gasteiger partial charge in [-0.3, -0.25) is 9.59 Å². The Morgan fingerprint density at radius 2 is 1.73 bits per heavy atom. The van der Waals surface area contributed by atoms with Crippen LogP contribution in [0.15, 0.2) is 0 Å². The van der Waals surface area contributed by atoms with Crippen LogP contribution >= 0.6 is 0 Å². The molecule has 22 heavy (non-hydrogen) atoms. The van der Waals surface area contributed by atoms with Gasteiger partial charge in [0.15, 0.2) is 0 Å². The van der Waals surface area contributed by atoms with Gasteiger partial charge in [0.2, 0.25) is 5.91 Å². The van der Waals surface area contributed by atoms with Crippen molar-refractivity contribution in [2.75, 3.05) is 13.1 Å². The number of hydrogen-bond acceptors (Lipinski definition) is 3. The molecule has 5 heteroatoms. The lowest BCUT2D eigenvalue weighted by Crippen LogP contribution is -2.43. The van der Waals surface area contributed by atoms with Crippen molar-refractivity contribution in [1.82, 2.24) is 5.32 Å². The van der Waals surface area contributed by atoms with E-state index in [1.54, 1.807) is 0 Å². The van der Waals surface area contributed by atoms with Crippen LogP contribution in [0.2, 0.25) is 0 Å². The number of rotatable bonds is 6. The van der Waals surface area contributed by atoms with Gasteiger partial charge < -0.3 is 16.2 Å². The molecule has 0 atom stereocenters. The highest BCUT2D eigenvalue weighted by Crippen LogP contribution is 2.39. The lowest BCUT2D eigenvalue weighted by molar-refractivity contribution is -0.141. The normalized spacial score (nSPS) is 28.0. The molecule has 2 fully saturated rings. The van der Waals surface area contributed by atoms with E-state index < -0.39 is 5.97 Å². The first-order chi connectivity index (χ1) is 10.5. The highest BCUT2D eigenvalue weighted by atomic mass is 16.4. The summed E-state index contributed by atoms with van der Waals surface area (Å²) < 4.78 is 0. The molecule has 0 aromatic carbocycles. The van der Waals surface area contributed by atoms with Gasteiger partial charge in [0.25, 0.3) is 0 Å². The Morgan fingerprint density at radius 3 is 2.27 bits per heavy atom. The number of nitrogens with two attached hydrogens (primary N) is 1. The molecule has 4 N–H and O–H groups in total. The third kappa shape index (κ3) is 4.70. The van der Waals surface area contributed by atoms with Crippen LogP contribution in [0, 0.1) is 17.3 Å². The monoisotopic (exact) mass is 310 g/mol. The van der Waals surface area contributed by atoms with Crippen LogP contribution in [0.3, 0.4) is 0 Å². The van der Waals surface area contributed by atoms with Gasteiger partial charge in [-0.15, -0.1) is 0 Å². The van der Waals surface area contributed by atoms with Crippen LogP contribution < -0.4 is 11.1 Å². The zero-order valence-electron chi connectivity index (χ0n) is 13.5. The van der Waals surface area contributed by atoms with Crippen molar-refractivity contribution < 1.29 is 14.7 Å². The maximum Gasteiger partial charge on any atom is 0.303 e. The topological polar surface area (TPSA) is 92.4 Å². The lowest BCUT2D eigenvalue weighted by atomic mass is 9.71. The Kier molecular flexibility index (Phi) is 6.24. The van der Waals surface area contributed by atoms with Crippen LogP contribution in [-0.2, 0) is 9.59 Å². The molecule has 2 rings (SSSR count). The van der Waals surface area contributed by atoms with Crippen molar-refractivity contribution in [1.29, 1.82) is 0 Å². The van der Waals surface area contributed by atoms with E-state index in [9.17, 15) is 14.7 Å². The van der Waals surface area contributed by atoms with Crippen LogP contribution in [0.1, 0.15) is 64.2 Å². The molecule has 126 valence electrons. The second-order valence-electron chi connectivity index (χ2n) is 7.30.